The summed E-state index contributed by atoms with van der Waals surface area (Å²) in [6.45, 7) is 6.92. The molecule has 1 aliphatic rings. The SMILES string of the molecule is CCNC(=NCc1cc(C(=O)OC)c(C)o1)N1CCC(c2ccccc2)C1.I. The lowest BCUT2D eigenvalue weighted by Gasteiger charge is -2.21. The van der Waals surface area contributed by atoms with Gasteiger partial charge in [-0.2, -0.15) is 0 Å². The van der Waals surface area contributed by atoms with E-state index in [4.69, 9.17) is 14.1 Å². The molecule has 2 heterocycles. The van der Waals surface area contributed by atoms with Gasteiger partial charge < -0.3 is 19.4 Å². The number of rotatable bonds is 5. The fourth-order valence-corrected chi connectivity index (χ4v) is 3.46. The van der Waals surface area contributed by atoms with E-state index in [1.807, 2.05) is 0 Å². The maximum absolute atomic E-state index is 11.7. The van der Waals surface area contributed by atoms with Crippen molar-refractivity contribution in [1.29, 1.82) is 0 Å². The molecule has 2 aromatic rings. The maximum atomic E-state index is 11.7. The maximum Gasteiger partial charge on any atom is 0.341 e. The largest absolute Gasteiger partial charge is 0.465 e. The molecule has 3 rings (SSSR count). The van der Waals surface area contributed by atoms with Crippen LogP contribution in [0.15, 0.2) is 45.8 Å². The highest BCUT2D eigenvalue weighted by Gasteiger charge is 2.26. The number of aryl methyl sites for hydroxylation is 1. The molecule has 1 aromatic heterocycles. The fourth-order valence-electron chi connectivity index (χ4n) is 3.46. The zero-order valence-electron chi connectivity index (χ0n) is 16.6. The van der Waals surface area contributed by atoms with Gasteiger partial charge in [-0.15, -0.1) is 24.0 Å². The van der Waals surface area contributed by atoms with Crippen LogP contribution in [0.5, 0.6) is 0 Å². The number of nitrogens with one attached hydrogen (secondary N) is 1. The normalized spacial score (nSPS) is 16.6. The standard InChI is InChI=1S/C21H27N3O3.HI/c1-4-22-21(23-13-18-12-19(15(2)27-18)20(25)26-3)24-11-10-17(14-24)16-8-6-5-7-9-16;/h5-9,12,17H,4,10-11,13-14H2,1-3H3,(H,22,23);1H. The molecule has 0 aliphatic carbocycles. The first kappa shape index (κ1) is 22.3. The van der Waals surface area contributed by atoms with E-state index in [9.17, 15) is 4.79 Å². The van der Waals surface area contributed by atoms with Crippen molar-refractivity contribution in [2.75, 3.05) is 26.7 Å². The molecule has 7 heteroatoms. The number of nitrogens with zero attached hydrogens (tertiary/aromatic N) is 2. The first-order valence-electron chi connectivity index (χ1n) is 9.38. The monoisotopic (exact) mass is 497 g/mol. The van der Waals surface area contributed by atoms with E-state index in [1.165, 1.54) is 12.7 Å². The molecule has 1 N–H and O–H groups in total. The molecule has 1 atom stereocenters. The summed E-state index contributed by atoms with van der Waals surface area (Å²) in [5.74, 6) is 2.23. The molecule has 1 saturated heterocycles. The molecule has 1 aromatic carbocycles. The number of aliphatic imine (C=N–C) groups is 1. The third-order valence-corrected chi connectivity index (χ3v) is 4.85. The topological polar surface area (TPSA) is 67.1 Å². The van der Waals surface area contributed by atoms with Crippen molar-refractivity contribution in [2.24, 2.45) is 4.99 Å². The molecule has 28 heavy (non-hydrogen) atoms. The zero-order valence-corrected chi connectivity index (χ0v) is 18.9. The van der Waals surface area contributed by atoms with E-state index in [2.05, 4.69) is 47.5 Å². The Labute approximate surface area is 183 Å². The number of guanidine groups is 1. The molecule has 6 nitrogen and oxygen atoms in total. The van der Waals surface area contributed by atoms with E-state index in [0.717, 1.165) is 32.0 Å². The molecule has 1 unspecified atom stereocenters. The van der Waals surface area contributed by atoms with Gasteiger partial charge in [0, 0.05) is 25.6 Å². The summed E-state index contributed by atoms with van der Waals surface area (Å²) >= 11 is 0. The van der Waals surface area contributed by atoms with Crippen LogP contribution in [0.4, 0.5) is 0 Å². The van der Waals surface area contributed by atoms with Crippen molar-refractivity contribution < 1.29 is 13.9 Å². The van der Waals surface area contributed by atoms with Crippen LogP contribution in [0.25, 0.3) is 0 Å². The lowest BCUT2D eigenvalue weighted by molar-refractivity contribution is 0.0599. The van der Waals surface area contributed by atoms with E-state index in [-0.39, 0.29) is 29.9 Å². The third-order valence-electron chi connectivity index (χ3n) is 4.85. The number of hydrogen-bond donors (Lipinski definition) is 1. The number of carbonyl (C=O) groups is 1. The lowest BCUT2D eigenvalue weighted by Crippen LogP contribution is -2.40. The van der Waals surface area contributed by atoms with Gasteiger partial charge >= 0.3 is 5.97 Å². The number of esters is 1. The van der Waals surface area contributed by atoms with Crippen molar-refractivity contribution in [3.63, 3.8) is 0 Å². The van der Waals surface area contributed by atoms with Gasteiger partial charge in [0.2, 0.25) is 0 Å². The van der Waals surface area contributed by atoms with Gasteiger partial charge in [-0.3, -0.25) is 0 Å². The summed E-state index contributed by atoms with van der Waals surface area (Å²) in [6, 6.07) is 12.3. The molecule has 1 aliphatic heterocycles. The number of carbonyl (C=O) groups excluding carboxylic acids is 1. The van der Waals surface area contributed by atoms with Crippen LogP contribution in [0.2, 0.25) is 0 Å². The Hall–Kier alpha value is -2.03. The van der Waals surface area contributed by atoms with Crippen LogP contribution in [-0.2, 0) is 11.3 Å². The minimum absolute atomic E-state index is 0. The summed E-state index contributed by atoms with van der Waals surface area (Å²) in [6.07, 6.45) is 1.11. The average molecular weight is 497 g/mol. The Morgan fingerprint density at radius 3 is 2.79 bits per heavy atom. The van der Waals surface area contributed by atoms with Crippen LogP contribution < -0.4 is 5.32 Å². The van der Waals surface area contributed by atoms with Gasteiger partial charge in [-0.1, -0.05) is 30.3 Å². The van der Waals surface area contributed by atoms with Gasteiger partial charge in [0.1, 0.15) is 23.6 Å². The first-order valence-corrected chi connectivity index (χ1v) is 9.38. The highest BCUT2D eigenvalue weighted by Crippen LogP contribution is 2.27. The Morgan fingerprint density at radius 1 is 1.36 bits per heavy atom. The van der Waals surface area contributed by atoms with Crippen molar-refractivity contribution in [1.82, 2.24) is 10.2 Å². The Kier molecular flexibility index (Phi) is 8.35. The average Bonchev–Trinajstić information content (AvgIpc) is 3.32. The van der Waals surface area contributed by atoms with E-state index >= 15 is 0 Å². The second-order valence-electron chi connectivity index (χ2n) is 6.69. The summed E-state index contributed by atoms with van der Waals surface area (Å²) in [4.78, 5) is 18.7. The summed E-state index contributed by atoms with van der Waals surface area (Å²) in [7, 11) is 1.37. The number of benzene rings is 1. The fraction of sp³-hybridized carbons (Fsp3) is 0.429. The predicted octanol–water partition coefficient (Wildman–Crippen LogP) is 3.95. The van der Waals surface area contributed by atoms with E-state index < -0.39 is 0 Å². The minimum atomic E-state index is -0.386. The second kappa shape index (κ2) is 10.5. The van der Waals surface area contributed by atoms with Gasteiger partial charge in [0.15, 0.2) is 5.96 Å². The summed E-state index contributed by atoms with van der Waals surface area (Å²) in [5.41, 5.74) is 1.83. The quantitative estimate of drug-likeness (QED) is 0.294. The van der Waals surface area contributed by atoms with Crippen molar-refractivity contribution >= 4 is 35.9 Å². The van der Waals surface area contributed by atoms with Crippen LogP contribution in [0, 0.1) is 6.92 Å². The summed E-state index contributed by atoms with van der Waals surface area (Å²) < 4.78 is 10.4. The van der Waals surface area contributed by atoms with Crippen LogP contribution >= 0.6 is 24.0 Å². The molecule has 0 spiro atoms. The first-order chi connectivity index (χ1) is 13.1. The number of hydrogen-bond acceptors (Lipinski definition) is 4. The molecule has 152 valence electrons. The van der Waals surface area contributed by atoms with E-state index in [0.29, 0.717) is 29.5 Å². The molecule has 0 saturated carbocycles. The number of methoxy groups -OCH3 is 1. The second-order valence-corrected chi connectivity index (χ2v) is 6.69. The van der Waals surface area contributed by atoms with Gasteiger partial charge in [-0.25, -0.2) is 9.79 Å². The minimum Gasteiger partial charge on any atom is -0.465 e. The molecule has 0 bridgehead atoms. The molecule has 0 radical (unpaired) electrons. The lowest BCUT2D eigenvalue weighted by atomic mass is 9.99. The number of furan rings is 1. The van der Waals surface area contributed by atoms with Crippen LogP contribution in [0.1, 0.15) is 46.7 Å². The summed E-state index contributed by atoms with van der Waals surface area (Å²) in [5, 5.41) is 3.36. The van der Waals surface area contributed by atoms with Crippen LogP contribution in [-0.4, -0.2) is 43.6 Å². The Bertz CT molecular complexity index is 804. The highest BCUT2D eigenvalue weighted by molar-refractivity contribution is 14.0. The van der Waals surface area contributed by atoms with Gasteiger partial charge in [0.05, 0.1) is 7.11 Å². The van der Waals surface area contributed by atoms with Crippen molar-refractivity contribution in [2.45, 2.75) is 32.7 Å². The Morgan fingerprint density at radius 2 is 2.11 bits per heavy atom. The van der Waals surface area contributed by atoms with Crippen molar-refractivity contribution in [3.05, 3.63) is 59.0 Å². The zero-order chi connectivity index (χ0) is 19.2. The molecular formula is C21H28IN3O3. The number of likely N-dealkylation sites (tertiary alicyclic amines) is 1. The molecular weight excluding hydrogens is 469 g/mol. The molecule has 0 amide bonds. The third kappa shape index (κ3) is 5.27. The van der Waals surface area contributed by atoms with Gasteiger partial charge in [-0.05, 0) is 31.9 Å². The Balaban J connectivity index is 0.00000280. The number of ether oxygens (including phenoxy) is 1. The van der Waals surface area contributed by atoms with E-state index in [1.54, 1.807) is 13.0 Å². The van der Waals surface area contributed by atoms with Gasteiger partial charge in [0.25, 0.3) is 0 Å². The predicted molar refractivity (Wildman–Crippen MR) is 120 cm³/mol. The highest BCUT2D eigenvalue weighted by atomic mass is 127. The molecule has 1 fully saturated rings. The number of halogens is 1. The smallest absolute Gasteiger partial charge is 0.341 e. The van der Waals surface area contributed by atoms with Crippen LogP contribution in [0.3, 0.4) is 0 Å². The van der Waals surface area contributed by atoms with Crippen molar-refractivity contribution in [3.8, 4) is 0 Å².